The zero-order chi connectivity index (χ0) is 11.9. The molecule has 0 unspecified atom stereocenters. The summed E-state index contributed by atoms with van der Waals surface area (Å²) < 4.78 is 5.57. The number of hydrogen-bond acceptors (Lipinski definition) is 5. The topological polar surface area (TPSA) is 60.2 Å². The highest BCUT2D eigenvalue weighted by molar-refractivity contribution is 7.09. The first-order chi connectivity index (χ1) is 8.38. The molecule has 0 spiro atoms. The van der Waals surface area contributed by atoms with E-state index in [2.05, 4.69) is 27.9 Å². The average Bonchev–Trinajstić information content (AvgIpc) is 2.88. The van der Waals surface area contributed by atoms with Crippen molar-refractivity contribution in [3.05, 3.63) is 46.3 Å². The van der Waals surface area contributed by atoms with Gasteiger partial charge in [0.15, 0.2) is 0 Å². The summed E-state index contributed by atoms with van der Waals surface area (Å²) in [7, 11) is 0. The van der Waals surface area contributed by atoms with E-state index in [1.54, 1.807) is 11.3 Å². The number of pyridine rings is 1. The highest BCUT2D eigenvalue weighted by Crippen LogP contribution is 2.10. The lowest BCUT2D eigenvalue weighted by Gasteiger charge is -2.04. The Morgan fingerprint density at radius 3 is 3.00 bits per heavy atom. The summed E-state index contributed by atoms with van der Waals surface area (Å²) in [6.07, 6.45) is 0.951. The fraction of sp³-hybridized carbons (Fsp3) is 0.250. The van der Waals surface area contributed by atoms with Crippen molar-refractivity contribution in [3.63, 3.8) is 0 Å². The molecule has 0 saturated carbocycles. The SMILES string of the molecule is NNc1cccc(COCCc2cccs2)n1. The molecule has 5 heteroatoms. The number of rotatable bonds is 6. The molecule has 0 bridgehead atoms. The summed E-state index contributed by atoms with van der Waals surface area (Å²) in [5.41, 5.74) is 3.40. The first-order valence-electron chi connectivity index (χ1n) is 5.41. The normalized spacial score (nSPS) is 10.4. The summed E-state index contributed by atoms with van der Waals surface area (Å²) in [4.78, 5) is 5.61. The fourth-order valence-electron chi connectivity index (χ4n) is 1.44. The first kappa shape index (κ1) is 12.0. The molecular formula is C12H15N3OS. The molecule has 4 nitrogen and oxygen atoms in total. The van der Waals surface area contributed by atoms with Gasteiger partial charge in [0.2, 0.25) is 0 Å². The number of nitrogens with two attached hydrogens (primary N) is 1. The van der Waals surface area contributed by atoms with Gasteiger partial charge in [-0.25, -0.2) is 10.8 Å². The molecule has 2 heterocycles. The summed E-state index contributed by atoms with van der Waals surface area (Å²) in [6.45, 7) is 1.23. The van der Waals surface area contributed by atoms with Crippen LogP contribution in [0.4, 0.5) is 5.82 Å². The third kappa shape index (κ3) is 3.81. The number of nitrogens with one attached hydrogen (secondary N) is 1. The quantitative estimate of drug-likeness (QED) is 0.468. The van der Waals surface area contributed by atoms with Crippen molar-refractivity contribution in [1.29, 1.82) is 0 Å². The minimum Gasteiger partial charge on any atom is -0.375 e. The van der Waals surface area contributed by atoms with E-state index in [0.29, 0.717) is 19.0 Å². The Morgan fingerprint density at radius 2 is 2.24 bits per heavy atom. The van der Waals surface area contributed by atoms with E-state index in [4.69, 9.17) is 10.6 Å². The van der Waals surface area contributed by atoms with Gasteiger partial charge in [-0.05, 0) is 23.6 Å². The fourth-order valence-corrected chi connectivity index (χ4v) is 2.13. The van der Waals surface area contributed by atoms with Gasteiger partial charge < -0.3 is 10.2 Å². The molecule has 2 aromatic rings. The average molecular weight is 249 g/mol. The molecule has 2 rings (SSSR count). The molecule has 2 aromatic heterocycles. The van der Waals surface area contributed by atoms with Crippen LogP contribution in [0.3, 0.4) is 0 Å². The third-order valence-electron chi connectivity index (χ3n) is 2.28. The van der Waals surface area contributed by atoms with Crippen LogP contribution in [0.1, 0.15) is 10.6 Å². The smallest absolute Gasteiger partial charge is 0.140 e. The molecule has 0 aliphatic carbocycles. The minimum absolute atomic E-state index is 0.515. The molecule has 0 radical (unpaired) electrons. The molecule has 0 aliphatic rings. The lowest BCUT2D eigenvalue weighted by Crippen LogP contribution is -2.09. The van der Waals surface area contributed by atoms with Gasteiger partial charge in [-0.15, -0.1) is 11.3 Å². The highest BCUT2D eigenvalue weighted by atomic mass is 32.1. The van der Waals surface area contributed by atoms with Crippen molar-refractivity contribution in [1.82, 2.24) is 4.98 Å². The number of anilines is 1. The molecule has 0 saturated heterocycles. The Labute approximate surface area is 104 Å². The Morgan fingerprint density at radius 1 is 1.29 bits per heavy atom. The van der Waals surface area contributed by atoms with Gasteiger partial charge in [-0.2, -0.15) is 0 Å². The van der Waals surface area contributed by atoms with Gasteiger partial charge in [0, 0.05) is 11.3 Å². The van der Waals surface area contributed by atoms with Gasteiger partial charge >= 0.3 is 0 Å². The molecular weight excluding hydrogens is 234 g/mol. The molecule has 17 heavy (non-hydrogen) atoms. The molecule has 0 aromatic carbocycles. The lowest BCUT2D eigenvalue weighted by atomic mass is 10.3. The monoisotopic (exact) mass is 249 g/mol. The van der Waals surface area contributed by atoms with E-state index in [1.165, 1.54) is 4.88 Å². The summed E-state index contributed by atoms with van der Waals surface area (Å²) in [6, 6.07) is 9.81. The highest BCUT2D eigenvalue weighted by Gasteiger charge is 1.98. The number of hydrazine groups is 1. The van der Waals surface area contributed by atoms with Crippen LogP contribution in [-0.2, 0) is 17.8 Å². The number of aromatic nitrogens is 1. The number of nitrogen functional groups attached to an aromatic ring is 1. The Balaban J connectivity index is 1.74. The van der Waals surface area contributed by atoms with Crippen LogP contribution in [0.15, 0.2) is 35.7 Å². The Hall–Kier alpha value is -1.43. The molecule has 0 atom stereocenters. The minimum atomic E-state index is 0.515. The summed E-state index contributed by atoms with van der Waals surface area (Å²) in [5, 5.41) is 2.08. The largest absolute Gasteiger partial charge is 0.375 e. The van der Waals surface area contributed by atoms with E-state index in [-0.39, 0.29) is 0 Å². The summed E-state index contributed by atoms with van der Waals surface area (Å²) >= 11 is 1.75. The summed E-state index contributed by atoms with van der Waals surface area (Å²) in [5.74, 6) is 5.94. The van der Waals surface area contributed by atoms with Gasteiger partial charge in [-0.3, -0.25) is 0 Å². The predicted molar refractivity (Wildman–Crippen MR) is 69.7 cm³/mol. The maximum absolute atomic E-state index is 5.57. The third-order valence-corrected chi connectivity index (χ3v) is 3.21. The van der Waals surface area contributed by atoms with Crippen molar-refractivity contribution in [3.8, 4) is 0 Å². The van der Waals surface area contributed by atoms with Gasteiger partial charge in [0.25, 0.3) is 0 Å². The maximum atomic E-state index is 5.57. The predicted octanol–water partition coefficient (Wildman–Crippen LogP) is 2.19. The standard InChI is InChI=1S/C12H15N3OS/c13-15-12-5-1-3-10(14-12)9-16-7-6-11-4-2-8-17-11/h1-5,8H,6-7,9,13H2,(H,14,15). The van der Waals surface area contributed by atoms with E-state index in [1.807, 2.05) is 18.2 Å². The van der Waals surface area contributed by atoms with Crippen LogP contribution >= 0.6 is 11.3 Å². The van der Waals surface area contributed by atoms with Gasteiger partial charge in [0.1, 0.15) is 5.82 Å². The van der Waals surface area contributed by atoms with Crippen LogP contribution in [0, 0.1) is 0 Å². The number of nitrogens with zero attached hydrogens (tertiary/aromatic N) is 1. The Bertz CT molecular complexity index is 445. The van der Waals surface area contributed by atoms with Crippen molar-refractivity contribution in [2.75, 3.05) is 12.0 Å². The van der Waals surface area contributed by atoms with Crippen molar-refractivity contribution in [2.45, 2.75) is 13.0 Å². The molecule has 3 N–H and O–H groups in total. The van der Waals surface area contributed by atoms with Crippen LogP contribution in [0.25, 0.3) is 0 Å². The van der Waals surface area contributed by atoms with Crippen LogP contribution in [-0.4, -0.2) is 11.6 Å². The van der Waals surface area contributed by atoms with Crippen LogP contribution in [0.2, 0.25) is 0 Å². The Kier molecular flexibility index (Phi) is 4.49. The van der Waals surface area contributed by atoms with Crippen molar-refractivity contribution >= 4 is 17.2 Å². The number of hydrogen-bond donors (Lipinski definition) is 2. The first-order valence-corrected chi connectivity index (χ1v) is 6.29. The van der Waals surface area contributed by atoms with Gasteiger partial charge in [-0.1, -0.05) is 12.1 Å². The second-order valence-corrected chi connectivity index (χ2v) is 4.57. The zero-order valence-corrected chi connectivity index (χ0v) is 10.2. The number of thiophene rings is 1. The molecule has 0 amide bonds. The maximum Gasteiger partial charge on any atom is 0.140 e. The van der Waals surface area contributed by atoms with Crippen molar-refractivity contribution < 1.29 is 4.74 Å². The zero-order valence-electron chi connectivity index (χ0n) is 9.43. The van der Waals surface area contributed by atoms with E-state index < -0.39 is 0 Å². The van der Waals surface area contributed by atoms with Crippen molar-refractivity contribution in [2.24, 2.45) is 5.84 Å². The van der Waals surface area contributed by atoms with Crippen LogP contribution < -0.4 is 11.3 Å². The van der Waals surface area contributed by atoms with E-state index >= 15 is 0 Å². The second kappa shape index (κ2) is 6.34. The van der Waals surface area contributed by atoms with E-state index in [0.717, 1.165) is 12.1 Å². The second-order valence-electron chi connectivity index (χ2n) is 3.54. The lowest BCUT2D eigenvalue weighted by molar-refractivity contribution is 0.122. The van der Waals surface area contributed by atoms with Gasteiger partial charge in [0.05, 0.1) is 18.9 Å². The molecule has 90 valence electrons. The van der Waals surface area contributed by atoms with E-state index in [9.17, 15) is 0 Å². The molecule has 0 fully saturated rings. The molecule has 0 aliphatic heterocycles. The number of ether oxygens (including phenoxy) is 1. The van der Waals surface area contributed by atoms with Crippen LogP contribution in [0.5, 0.6) is 0 Å².